The Labute approximate surface area is 148 Å². The predicted octanol–water partition coefficient (Wildman–Crippen LogP) is 4.52. The van der Waals surface area contributed by atoms with Crippen molar-refractivity contribution < 1.29 is 4.39 Å². The molecule has 0 amide bonds. The molecule has 1 heterocycles. The van der Waals surface area contributed by atoms with E-state index >= 15 is 0 Å². The number of nitrogens with zero attached hydrogens (tertiary/aromatic N) is 2. The minimum Gasteiger partial charge on any atom is -0.290 e. The number of hydrogen-bond acceptors (Lipinski definition) is 3. The molecule has 124 valence electrons. The first-order valence-corrected chi connectivity index (χ1v) is 8.88. The Balaban J connectivity index is 1.73. The molecule has 5 heteroatoms. The van der Waals surface area contributed by atoms with Crippen molar-refractivity contribution in [3.05, 3.63) is 82.4 Å². The van der Waals surface area contributed by atoms with Crippen LogP contribution in [-0.2, 0) is 12.8 Å². The summed E-state index contributed by atoms with van der Waals surface area (Å²) >= 11 is 1.48. The standard InChI is InChI=1S/C20H15FN2OS/c1-23-19(24)16-8-4-5-9-18(16)22-20(23)25-12-13-10-11-17(21)15-7-3-2-6-14(13)15/h2-11H,12H2,1H3. The van der Waals surface area contributed by atoms with Crippen LogP contribution in [0, 0.1) is 5.82 Å². The molecule has 0 atom stereocenters. The fraction of sp³-hybridized carbons (Fsp3) is 0.100. The van der Waals surface area contributed by atoms with E-state index in [2.05, 4.69) is 4.98 Å². The third-order valence-electron chi connectivity index (χ3n) is 4.26. The summed E-state index contributed by atoms with van der Waals surface area (Å²) in [7, 11) is 1.73. The molecule has 0 aliphatic heterocycles. The molecule has 3 nitrogen and oxygen atoms in total. The van der Waals surface area contributed by atoms with Gasteiger partial charge in [0.1, 0.15) is 5.82 Å². The molecule has 0 fully saturated rings. The molecule has 4 rings (SSSR count). The number of para-hydroxylation sites is 1. The first kappa shape index (κ1) is 15.8. The highest BCUT2D eigenvalue weighted by molar-refractivity contribution is 7.98. The van der Waals surface area contributed by atoms with Crippen LogP contribution in [0.2, 0.25) is 0 Å². The van der Waals surface area contributed by atoms with Crippen LogP contribution >= 0.6 is 11.8 Å². The summed E-state index contributed by atoms with van der Waals surface area (Å²) in [5.74, 6) is 0.389. The van der Waals surface area contributed by atoms with Crippen LogP contribution in [0.3, 0.4) is 0 Å². The molecule has 0 bridgehead atoms. The molecular formula is C20H15FN2OS. The minimum atomic E-state index is -0.222. The number of thioether (sulfide) groups is 1. The second-order valence-electron chi connectivity index (χ2n) is 5.82. The van der Waals surface area contributed by atoms with Gasteiger partial charge in [0, 0.05) is 18.2 Å². The van der Waals surface area contributed by atoms with Gasteiger partial charge in [-0.1, -0.05) is 54.2 Å². The van der Waals surface area contributed by atoms with Crippen LogP contribution in [0.15, 0.2) is 70.6 Å². The van der Waals surface area contributed by atoms with Crippen LogP contribution < -0.4 is 5.56 Å². The van der Waals surface area contributed by atoms with Crippen LogP contribution in [0.25, 0.3) is 21.7 Å². The van der Waals surface area contributed by atoms with Gasteiger partial charge in [0.25, 0.3) is 5.56 Å². The van der Waals surface area contributed by atoms with Gasteiger partial charge in [0.15, 0.2) is 5.16 Å². The molecule has 4 aromatic rings. The summed E-state index contributed by atoms with van der Waals surface area (Å²) in [5, 5.41) is 2.76. The fourth-order valence-electron chi connectivity index (χ4n) is 2.92. The van der Waals surface area contributed by atoms with Crippen LogP contribution in [-0.4, -0.2) is 9.55 Å². The van der Waals surface area contributed by atoms with Gasteiger partial charge in [0.05, 0.1) is 10.9 Å². The summed E-state index contributed by atoms with van der Waals surface area (Å²) in [6.07, 6.45) is 0. The summed E-state index contributed by atoms with van der Waals surface area (Å²) in [5.41, 5.74) is 1.65. The number of benzene rings is 3. The monoisotopic (exact) mass is 350 g/mol. The maximum absolute atomic E-state index is 14.0. The molecule has 0 spiro atoms. The molecule has 1 aromatic heterocycles. The molecule has 3 aromatic carbocycles. The number of aromatic nitrogens is 2. The highest BCUT2D eigenvalue weighted by Crippen LogP contribution is 2.28. The third kappa shape index (κ3) is 2.81. The summed E-state index contributed by atoms with van der Waals surface area (Å²) in [6.45, 7) is 0. The van der Waals surface area contributed by atoms with Crippen molar-refractivity contribution in [2.24, 2.45) is 7.05 Å². The van der Waals surface area contributed by atoms with Gasteiger partial charge in [-0.3, -0.25) is 9.36 Å². The van der Waals surface area contributed by atoms with Crippen molar-refractivity contribution >= 4 is 33.4 Å². The van der Waals surface area contributed by atoms with E-state index in [1.54, 1.807) is 29.8 Å². The summed E-state index contributed by atoms with van der Waals surface area (Å²) in [4.78, 5) is 17.1. The lowest BCUT2D eigenvalue weighted by atomic mass is 10.1. The molecule has 0 unspecified atom stereocenters. The second-order valence-corrected chi connectivity index (χ2v) is 6.76. The fourth-order valence-corrected chi connectivity index (χ4v) is 3.90. The van der Waals surface area contributed by atoms with Gasteiger partial charge in [0.2, 0.25) is 0 Å². The molecular weight excluding hydrogens is 335 g/mol. The Morgan fingerprint density at radius 3 is 2.44 bits per heavy atom. The largest absolute Gasteiger partial charge is 0.290 e. The molecule has 0 aliphatic carbocycles. The predicted molar refractivity (Wildman–Crippen MR) is 100 cm³/mol. The average molecular weight is 350 g/mol. The summed E-state index contributed by atoms with van der Waals surface area (Å²) < 4.78 is 15.5. The smallest absolute Gasteiger partial charge is 0.261 e. The van der Waals surface area contributed by atoms with Gasteiger partial charge in [-0.2, -0.15) is 0 Å². The first-order valence-electron chi connectivity index (χ1n) is 7.90. The van der Waals surface area contributed by atoms with Crippen LogP contribution in [0.5, 0.6) is 0 Å². The number of hydrogen-bond donors (Lipinski definition) is 0. The maximum atomic E-state index is 14.0. The Morgan fingerprint density at radius 1 is 0.960 bits per heavy atom. The van der Waals surface area contributed by atoms with E-state index in [1.807, 2.05) is 36.4 Å². The van der Waals surface area contributed by atoms with E-state index in [4.69, 9.17) is 0 Å². The zero-order valence-electron chi connectivity index (χ0n) is 13.6. The average Bonchev–Trinajstić information content (AvgIpc) is 2.65. The van der Waals surface area contributed by atoms with Gasteiger partial charge >= 0.3 is 0 Å². The van der Waals surface area contributed by atoms with Crippen LogP contribution in [0.1, 0.15) is 5.56 Å². The van der Waals surface area contributed by atoms with Crippen molar-refractivity contribution in [1.29, 1.82) is 0 Å². The first-order chi connectivity index (χ1) is 12.1. The van der Waals surface area contributed by atoms with Crippen molar-refractivity contribution in [3.63, 3.8) is 0 Å². The zero-order valence-corrected chi connectivity index (χ0v) is 14.4. The van der Waals surface area contributed by atoms with E-state index in [0.29, 0.717) is 27.2 Å². The quantitative estimate of drug-likeness (QED) is 0.402. The lowest BCUT2D eigenvalue weighted by Gasteiger charge is -2.10. The van der Waals surface area contributed by atoms with Gasteiger partial charge < -0.3 is 0 Å². The number of halogens is 1. The van der Waals surface area contributed by atoms with Gasteiger partial charge in [-0.05, 0) is 29.1 Å². The SMILES string of the molecule is Cn1c(SCc2ccc(F)c3ccccc23)nc2ccccc2c1=O. The molecule has 25 heavy (non-hydrogen) atoms. The normalized spacial score (nSPS) is 11.3. The Morgan fingerprint density at radius 2 is 1.64 bits per heavy atom. The van der Waals surface area contributed by atoms with E-state index < -0.39 is 0 Å². The Bertz CT molecular complexity index is 1150. The Hall–Kier alpha value is -2.66. The Kier molecular flexibility index (Phi) is 4.01. The molecule has 0 radical (unpaired) electrons. The summed E-state index contributed by atoms with van der Waals surface area (Å²) in [6, 6.07) is 18.1. The molecule has 0 aliphatic rings. The molecule has 0 saturated heterocycles. The second kappa shape index (κ2) is 6.33. The lowest BCUT2D eigenvalue weighted by molar-refractivity contribution is 0.639. The van der Waals surface area contributed by atoms with E-state index in [-0.39, 0.29) is 11.4 Å². The maximum Gasteiger partial charge on any atom is 0.261 e. The highest BCUT2D eigenvalue weighted by Gasteiger charge is 2.10. The van der Waals surface area contributed by atoms with Gasteiger partial charge in [-0.15, -0.1) is 0 Å². The number of rotatable bonds is 3. The minimum absolute atomic E-state index is 0.0583. The van der Waals surface area contributed by atoms with Crippen molar-refractivity contribution in [2.75, 3.05) is 0 Å². The molecule has 0 N–H and O–H groups in total. The van der Waals surface area contributed by atoms with Crippen molar-refractivity contribution in [2.45, 2.75) is 10.9 Å². The van der Waals surface area contributed by atoms with Crippen molar-refractivity contribution in [3.8, 4) is 0 Å². The number of fused-ring (bicyclic) bond motifs is 2. The lowest BCUT2D eigenvalue weighted by Crippen LogP contribution is -2.19. The molecule has 0 saturated carbocycles. The van der Waals surface area contributed by atoms with Crippen molar-refractivity contribution in [1.82, 2.24) is 9.55 Å². The van der Waals surface area contributed by atoms with E-state index in [1.165, 1.54) is 17.8 Å². The highest BCUT2D eigenvalue weighted by atomic mass is 32.2. The van der Waals surface area contributed by atoms with E-state index in [0.717, 1.165) is 10.9 Å². The van der Waals surface area contributed by atoms with Crippen LogP contribution in [0.4, 0.5) is 4.39 Å². The topological polar surface area (TPSA) is 34.9 Å². The zero-order chi connectivity index (χ0) is 17.4. The van der Waals surface area contributed by atoms with E-state index in [9.17, 15) is 9.18 Å². The third-order valence-corrected chi connectivity index (χ3v) is 5.34. The van der Waals surface area contributed by atoms with Gasteiger partial charge in [-0.25, -0.2) is 9.37 Å².